The van der Waals surface area contributed by atoms with Crippen molar-refractivity contribution >= 4 is 72.2 Å². The number of hydrogen-bond donors (Lipinski definition) is 2. The molecule has 0 spiro atoms. The third-order valence-electron chi connectivity index (χ3n) is 16.9. The third kappa shape index (κ3) is 17.5. The number of alkyl halides is 3. The zero-order valence-electron chi connectivity index (χ0n) is 49.3. The Morgan fingerprint density at radius 3 is 2.15 bits per heavy atom. The molecule has 1 aliphatic carbocycles. The first-order valence-corrected chi connectivity index (χ1v) is 34.0. The predicted octanol–water partition coefficient (Wildman–Crippen LogP) is 10.2. The van der Waals surface area contributed by atoms with E-state index in [1.807, 2.05) is 72.9 Å². The molecule has 0 unspecified atom stereocenters. The number of piperidine rings is 1. The average Bonchev–Trinajstić information content (AvgIpc) is 2.28. The quantitative estimate of drug-likeness (QED) is 0.0852. The number of sulfone groups is 1. The van der Waals surface area contributed by atoms with Gasteiger partial charge in [-0.25, -0.2) is 26.4 Å². The number of allylic oxidation sites excluding steroid dienone is 1. The summed E-state index contributed by atoms with van der Waals surface area (Å²) in [6.07, 6.45) is 5.98. The van der Waals surface area contributed by atoms with Crippen molar-refractivity contribution in [1.82, 2.24) is 29.2 Å². The lowest BCUT2D eigenvalue weighted by Gasteiger charge is -2.46. The summed E-state index contributed by atoms with van der Waals surface area (Å²) < 4.78 is 110. The molecule has 4 aliphatic heterocycles. The van der Waals surface area contributed by atoms with Crippen molar-refractivity contribution < 1.29 is 49.1 Å². The van der Waals surface area contributed by atoms with Gasteiger partial charge in [-0.05, 0) is 149 Å². The zero-order chi connectivity index (χ0) is 60.6. The van der Waals surface area contributed by atoms with Gasteiger partial charge in [0.2, 0.25) is 0 Å². The average molecular weight is 1260 g/mol. The normalized spacial score (nSPS) is 21.1. The van der Waals surface area contributed by atoms with E-state index in [2.05, 4.69) is 48.9 Å². The van der Waals surface area contributed by atoms with E-state index in [-0.39, 0.29) is 17.1 Å². The number of sulfonamides is 1. The summed E-state index contributed by atoms with van der Waals surface area (Å²) in [6.45, 7) is 21.7. The Balaban J connectivity index is 0.806. The Bertz CT molecular complexity index is 3160. The first-order chi connectivity index (χ1) is 40.4. The predicted molar refractivity (Wildman–Crippen MR) is 330 cm³/mol. The number of anilines is 2. The van der Waals surface area contributed by atoms with Crippen LogP contribution >= 0.6 is 23.4 Å². The van der Waals surface area contributed by atoms with E-state index in [9.17, 15) is 39.6 Å². The van der Waals surface area contributed by atoms with Gasteiger partial charge in [0.25, 0.3) is 25.8 Å². The van der Waals surface area contributed by atoms with Gasteiger partial charge in [-0.2, -0.15) is 13.2 Å². The van der Waals surface area contributed by atoms with Crippen molar-refractivity contribution in [2.45, 2.75) is 111 Å². The van der Waals surface area contributed by atoms with Crippen LogP contribution in [0.15, 0.2) is 117 Å². The van der Waals surface area contributed by atoms with E-state index in [4.69, 9.17) is 21.1 Å². The van der Waals surface area contributed by atoms with Crippen molar-refractivity contribution in [2.75, 3.05) is 127 Å². The molecule has 0 bridgehead atoms. The molecule has 0 aromatic heterocycles. The fraction of sp³-hybridized carbons (Fsp3) is 0.548. The van der Waals surface area contributed by atoms with Crippen molar-refractivity contribution in [1.29, 1.82) is 0 Å². The van der Waals surface area contributed by atoms with Crippen LogP contribution in [0.4, 0.5) is 29.3 Å². The summed E-state index contributed by atoms with van der Waals surface area (Å²) in [5.74, 6) is -0.671. The largest absolute Gasteiger partial charge is 0.501 e. The van der Waals surface area contributed by atoms with Crippen LogP contribution in [0.3, 0.4) is 0 Å². The van der Waals surface area contributed by atoms with E-state index in [0.717, 1.165) is 133 Å². The summed E-state index contributed by atoms with van der Waals surface area (Å²) in [6, 6.07) is 26.5. The number of halogens is 4. The number of nitrogens with zero attached hydrogens (tertiary/aromatic N) is 6. The Labute approximate surface area is 509 Å². The first kappa shape index (κ1) is 64.6. The smallest absolute Gasteiger partial charge is 0.444 e. The lowest BCUT2D eigenvalue weighted by atomic mass is 9.71. The molecule has 16 nitrogen and oxygen atoms in total. The molecule has 85 heavy (non-hydrogen) atoms. The molecule has 4 saturated heterocycles. The van der Waals surface area contributed by atoms with Crippen LogP contribution in [0.5, 0.6) is 0 Å². The minimum atomic E-state index is -6.08. The second-order valence-corrected chi connectivity index (χ2v) is 29.6. The second-order valence-electron chi connectivity index (χ2n) is 24.5. The Kier molecular flexibility index (Phi) is 21.3. The number of likely N-dealkylation sites (tertiary alicyclic amines) is 1. The van der Waals surface area contributed by atoms with Gasteiger partial charge in [-0.15, -0.1) is 11.8 Å². The van der Waals surface area contributed by atoms with Crippen molar-refractivity contribution in [3.8, 4) is 0 Å². The maximum atomic E-state index is 14.4. The SMILES string of the molecule is CC(C)(C)OC(=O)N1CCC(N2CCN(C[C@]3(C)CCC(c4ccc(Cl)cc4)=C(CN4CCN(c5ccc(C(=O)NS(=O)(=O)c6ccc(N[C@H](CCN7CCCOCC7)CSc7ccccc7)c(S(=O)(=O)C(F)(F)F)c6)cc5)CC4)C3)CC2)CC1. The summed E-state index contributed by atoms with van der Waals surface area (Å²) >= 11 is 7.82. The van der Waals surface area contributed by atoms with Crippen LogP contribution in [0.25, 0.3) is 5.57 Å². The second kappa shape index (κ2) is 28.1. The number of hydrogen-bond acceptors (Lipinski definition) is 15. The lowest BCUT2D eigenvalue weighted by molar-refractivity contribution is -0.0436. The highest BCUT2D eigenvalue weighted by molar-refractivity contribution is 7.99. The fourth-order valence-electron chi connectivity index (χ4n) is 12.3. The van der Waals surface area contributed by atoms with Gasteiger partial charge in [0.1, 0.15) is 10.5 Å². The molecule has 4 aromatic carbocycles. The molecule has 0 radical (unpaired) electrons. The summed E-state index contributed by atoms with van der Waals surface area (Å²) in [4.78, 5) is 39.1. The molecule has 9 rings (SSSR count). The topological polar surface area (TPSA) is 164 Å². The molecular formula is C62H82ClF3N8O8S3. The summed E-state index contributed by atoms with van der Waals surface area (Å²) in [5.41, 5.74) is -1.71. The Hall–Kier alpha value is -4.91. The van der Waals surface area contributed by atoms with E-state index >= 15 is 0 Å². The number of amides is 2. The van der Waals surface area contributed by atoms with Crippen LogP contribution in [0.1, 0.15) is 88.6 Å². The van der Waals surface area contributed by atoms with Crippen molar-refractivity contribution in [2.24, 2.45) is 5.41 Å². The van der Waals surface area contributed by atoms with Gasteiger partial charge in [0.05, 0.1) is 17.2 Å². The number of rotatable bonds is 19. The Morgan fingerprint density at radius 2 is 1.48 bits per heavy atom. The van der Waals surface area contributed by atoms with Crippen molar-refractivity contribution in [3.63, 3.8) is 0 Å². The summed E-state index contributed by atoms with van der Waals surface area (Å²) in [7, 11) is -11.0. The van der Waals surface area contributed by atoms with Crippen LogP contribution in [0.2, 0.25) is 5.02 Å². The van der Waals surface area contributed by atoms with E-state index in [1.54, 1.807) is 12.1 Å². The van der Waals surface area contributed by atoms with E-state index in [1.165, 1.54) is 40.6 Å². The van der Waals surface area contributed by atoms with Crippen LogP contribution in [0, 0.1) is 5.41 Å². The molecule has 464 valence electrons. The molecular weight excluding hydrogens is 1170 g/mol. The number of benzene rings is 4. The molecule has 4 fully saturated rings. The zero-order valence-corrected chi connectivity index (χ0v) is 52.5. The molecule has 2 N–H and O–H groups in total. The number of ether oxygens (including phenoxy) is 2. The van der Waals surface area contributed by atoms with Gasteiger partial charge in [0, 0.05) is 144 Å². The molecule has 23 heteroatoms. The highest BCUT2D eigenvalue weighted by Crippen LogP contribution is 2.44. The first-order valence-electron chi connectivity index (χ1n) is 29.7. The number of nitrogens with one attached hydrogen (secondary N) is 2. The Morgan fingerprint density at radius 1 is 0.800 bits per heavy atom. The third-order valence-corrected chi connectivity index (χ3v) is 21.2. The molecule has 2 atom stereocenters. The van der Waals surface area contributed by atoms with Crippen LogP contribution < -0.4 is 14.9 Å². The van der Waals surface area contributed by atoms with Crippen LogP contribution in [-0.2, 0) is 29.3 Å². The van der Waals surface area contributed by atoms with Gasteiger partial charge in [0.15, 0.2) is 0 Å². The van der Waals surface area contributed by atoms with Crippen molar-refractivity contribution in [3.05, 3.63) is 119 Å². The number of thioether (sulfide) groups is 1. The molecule has 4 heterocycles. The van der Waals surface area contributed by atoms with Gasteiger partial charge < -0.3 is 34.4 Å². The molecule has 2 amide bonds. The highest BCUT2D eigenvalue weighted by atomic mass is 35.5. The summed E-state index contributed by atoms with van der Waals surface area (Å²) in [5, 5.41) is 3.73. The fourth-order valence-corrected chi connectivity index (χ4v) is 15.4. The number of carbonyl (C=O) groups excluding carboxylic acids is 2. The molecule has 5 aliphatic rings. The maximum absolute atomic E-state index is 14.4. The number of carbonyl (C=O) groups is 2. The minimum Gasteiger partial charge on any atom is -0.444 e. The standard InChI is InChI=1S/C62H82ClF3N8O8S3/c1-60(2,3)82-59(76)74-28-23-52(24-29-74)73-36-32-71(33-37-73)45-61(4)25-21-55(46-11-15-49(63)16-12-46)48(42-61)43-70-30-34-72(35-31-70)51-17-13-47(14-18-51)58(75)68-85(79,80)54-19-20-56(57(41-54)84(77,78)62(64,65)66)67-50(44-83-53-9-6-5-7-10-53)22-27-69-26-8-39-81-40-38-69/h5-7,9-20,41,50,52,67H,8,21-40,42-45H2,1-4H3,(H,68,75)/t50-,61-/m1/s1. The lowest BCUT2D eigenvalue weighted by Crippen LogP contribution is -2.55. The maximum Gasteiger partial charge on any atom is 0.501 e. The van der Waals surface area contributed by atoms with Gasteiger partial charge in [-0.3, -0.25) is 14.6 Å². The van der Waals surface area contributed by atoms with E-state index < -0.39 is 58.4 Å². The minimum absolute atomic E-state index is 0.0107. The monoisotopic (exact) mass is 1250 g/mol. The molecule has 4 aromatic rings. The van der Waals surface area contributed by atoms with Gasteiger partial charge >= 0.3 is 11.6 Å². The molecule has 0 saturated carbocycles. The van der Waals surface area contributed by atoms with E-state index in [0.29, 0.717) is 68.7 Å². The highest BCUT2D eigenvalue weighted by Gasteiger charge is 2.49. The van der Waals surface area contributed by atoms with Crippen LogP contribution in [-0.4, -0.2) is 194 Å². The number of piperazine rings is 2. The van der Waals surface area contributed by atoms with Gasteiger partial charge in [-0.1, -0.05) is 54.4 Å².